The third-order valence-corrected chi connectivity index (χ3v) is 3.85. The zero-order chi connectivity index (χ0) is 15.0. The Morgan fingerprint density at radius 2 is 1.95 bits per heavy atom. The van der Waals surface area contributed by atoms with Crippen LogP contribution in [0.2, 0.25) is 0 Å². The van der Waals surface area contributed by atoms with Crippen LogP contribution >= 0.6 is 0 Å². The third-order valence-electron chi connectivity index (χ3n) is 3.85. The fraction of sp³-hybridized carbons (Fsp3) is 0.933. The van der Waals surface area contributed by atoms with Gasteiger partial charge in [-0.05, 0) is 45.2 Å². The molecule has 0 aliphatic carbocycles. The number of hydrogen-bond acceptors (Lipinski definition) is 3. The van der Waals surface area contributed by atoms with Crippen molar-refractivity contribution in [3.05, 3.63) is 0 Å². The maximum Gasteiger partial charge on any atom is 0.317 e. The molecule has 0 radical (unpaired) electrons. The maximum absolute atomic E-state index is 11.9. The number of carbonyl (C=O) groups excluding carboxylic acids is 1. The van der Waals surface area contributed by atoms with Crippen molar-refractivity contribution in [2.75, 3.05) is 39.8 Å². The number of piperidine rings is 1. The van der Waals surface area contributed by atoms with Crippen LogP contribution in [0.1, 0.15) is 39.5 Å². The molecule has 0 aromatic rings. The Bertz CT molecular complexity index is 278. The minimum Gasteiger partial charge on any atom is -0.393 e. The number of nitrogens with zero attached hydrogens (tertiary/aromatic N) is 2. The van der Waals surface area contributed by atoms with Crippen LogP contribution in [0.15, 0.2) is 0 Å². The van der Waals surface area contributed by atoms with E-state index < -0.39 is 0 Å². The second-order valence-electron chi connectivity index (χ2n) is 6.21. The summed E-state index contributed by atoms with van der Waals surface area (Å²) >= 11 is 0. The lowest BCUT2D eigenvalue weighted by Crippen LogP contribution is -2.42. The molecule has 2 amide bonds. The predicted octanol–water partition coefficient (Wildman–Crippen LogP) is 1.52. The molecule has 5 heteroatoms. The van der Waals surface area contributed by atoms with Gasteiger partial charge in [0.25, 0.3) is 0 Å². The molecule has 1 rings (SSSR count). The maximum atomic E-state index is 11.9. The SMILES string of the molecule is CC(O)CCN(C)C(=O)NCC(C)CN1CCCCC1. The molecule has 0 saturated carbocycles. The molecular formula is C15H31N3O2. The van der Waals surface area contributed by atoms with Crippen LogP contribution in [-0.4, -0.2) is 66.8 Å². The van der Waals surface area contributed by atoms with E-state index in [0.29, 0.717) is 25.4 Å². The molecule has 0 spiro atoms. The molecule has 2 unspecified atom stereocenters. The third kappa shape index (κ3) is 7.10. The van der Waals surface area contributed by atoms with E-state index in [1.165, 1.54) is 32.4 Å². The van der Waals surface area contributed by atoms with Crippen LogP contribution in [0.4, 0.5) is 4.79 Å². The highest BCUT2D eigenvalue weighted by Gasteiger charge is 2.15. The van der Waals surface area contributed by atoms with Gasteiger partial charge in [-0.2, -0.15) is 0 Å². The van der Waals surface area contributed by atoms with Gasteiger partial charge in [0.1, 0.15) is 0 Å². The Balaban J connectivity index is 2.15. The van der Waals surface area contributed by atoms with Crippen molar-refractivity contribution in [2.45, 2.75) is 45.6 Å². The number of urea groups is 1. The number of likely N-dealkylation sites (tertiary alicyclic amines) is 1. The lowest BCUT2D eigenvalue weighted by Gasteiger charge is -2.29. The van der Waals surface area contributed by atoms with Gasteiger partial charge < -0.3 is 20.2 Å². The number of rotatable bonds is 7. The summed E-state index contributed by atoms with van der Waals surface area (Å²) in [7, 11) is 1.77. The average Bonchev–Trinajstić information content (AvgIpc) is 2.43. The second-order valence-corrected chi connectivity index (χ2v) is 6.21. The molecule has 2 atom stereocenters. The molecule has 0 aromatic heterocycles. The first-order chi connectivity index (χ1) is 9.49. The van der Waals surface area contributed by atoms with E-state index in [1.807, 2.05) is 0 Å². The van der Waals surface area contributed by atoms with Crippen LogP contribution in [-0.2, 0) is 0 Å². The van der Waals surface area contributed by atoms with E-state index >= 15 is 0 Å². The minimum atomic E-state index is -0.358. The number of aliphatic hydroxyl groups is 1. The molecule has 1 heterocycles. The molecule has 1 fully saturated rings. The van der Waals surface area contributed by atoms with E-state index in [9.17, 15) is 9.90 Å². The monoisotopic (exact) mass is 285 g/mol. The van der Waals surface area contributed by atoms with Crippen molar-refractivity contribution in [3.8, 4) is 0 Å². The first-order valence-electron chi connectivity index (χ1n) is 7.88. The van der Waals surface area contributed by atoms with Gasteiger partial charge in [0.05, 0.1) is 6.10 Å². The summed E-state index contributed by atoms with van der Waals surface area (Å²) < 4.78 is 0. The minimum absolute atomic E-state index is 0.0452. The molecule has 20 heavy (non-hydrogen) atoms. The summed E-state index contributed by atoms with van der Waals surface area (Å²) in [5.41, 5.74) is 0. The van der Waals surface area contributed by atoms with Gasteiger partial charge in [0.2, 0.25) is 0 Å². The van der Waals surface area contributed by atoms with Gasteiger partial charge in [-0.15, -0.1) is 0 Å². The van der Waals surface area contributed by atoms with Crippen molar-refractivity contribution in [1.29, 1.82) is 0 Å². The van der Waals surface area contributed by atoms with Crippen LogP contribution in [0.5, 0.6) is 0 Å². The van der Waals surface area contributed by atoms with Gasteiger partial charge in [-0.25, -0.2) is 4.79 Å². The summed E-state index contributed by atoms with van der Waals surface area (Å²) in [5, 5.41) is 12.2. The molecule has 118 valence electrons. The highest BCUT2D eigenvalue weighted by Crippen LogP contribution is 2.10. The van der Waals surface area contributed by atoms with Crippen LogP contribution in [0, 0.1) is 5.92 Å². The molecule has 1 saturated heterocycles. The lowest BCUT2D eigenvalue weighted by atomic mass is 10.1. The van der Waals surface area contributed by atoms with E-state index in [2.05, 4.69) is 17.1 Å². The first-order valence-corrected chi connectivity index (χ1v) is 7.88. The number of nitrogens with one attached hydrogen (secondary N) is 1. The number of carbonyl (C=O) groups is 1. The second kappa shape index (κ2) is 9.19. The predicted molar refractivity (Wildman–Crippen MR) is 81.8 cm³/mol. The fourth-order valence-corrected chi connectivity index (χ4v) is 2.53. The number of hydrogen-bond donors (Lipinski definition) is 2. The number of aliphatic hydroxyl groups excluding tert-OH is 1. The van der Waals surface area contributed by atoms with E-state index in [-0.39, 0.29) is 12.1 Å². The summed E-state index contributed by atoms with van der Waals surface area (Å²) in [6.45, 7) is 8.70. The normalized spacial score (nSPS) is 19.4. The van der Waals surface area contributed by atoms with Crippen molar-refractivity contribution >= 4 is 6.03 Å². The Morgan fingerprint density at radius 1 is 1.30 bits per heavy atom. The van der Waals surface area contributed by atoms with Crippen LogP contribution in [0.3, 0.4) is 0 Å². The summed E-state index contributed by atoms with van der Waals surface area (Å²) in [6, 6.07) is -0.0452. The average molecular weight is 285 g/mol. The first kappa shape index (κ1) is 17.2. The van der Waals surface area contributed by atoms with E-state index in [1.54, 1.807) is 18.9 Å². The molecule has 0 aromatic carbocycles. The van der Waals surface area contributed by atoms with Crippen molar-refractivity contribution < 1.29 is 9.90 Å². The van der Waals surface area contributed by atoms with Crippen molar-refractivity contribution in [3.63, 3.8) is 0 Å². The largest absolute Gasteiger partial charge is 0.393 e. The number of amides is 2. The van der Waals surface area contributed by atoms with Crippen LogP contribution < -0.4 is 5.32 Å². The molecule has 0 bridgehead atoms. The van der Waals surface area contributed by atoms with Gasteiger partial charge >= 0.3 is 6.03 Å². The Morgan fingerprint density at radius 3 is 2.55 bits per heavy atom. The van der Waals surface area contributed by atoms with Gasteiger partial charge in [-0.3, -0.25) is 0 Å². The lowest BCUT2D eigenvalue weighted by molar-refractivity contribution is 0.161. The van der Waals surface area contributed by atoms with E-state index in [4.69, 9.17) is 0 Å². The molecule has 1 aliphatic rings. The molecule has 1 aliphatic heterocycles. The highest BCUT2D eigenvalue weighted by atomic mass is 16.3. The topological polar surface area (TPSA) is 55.8 Å². The standard InChI is InChI=1S/C15H31N3O2/c1-13(12-18-8-5-4-6-9-18)11-16-15(20)17(3)10-7-14(2)19/h13-14,19H,4-12H2,1-3H3,(H,16,20). The van der Waals surface area contributed by atoms with Crippen molar-refractivity contribution in [1.82, 2.24) is 15.1 Å². The Kier molecular flexibility index (Phi) is 7.92. The molecule has 5 nitrogen and oxygen atoms in total. The highest BCUT2D eigenvalue weighted by molar-refractivity contribution is 5.73. The van der Waals surface area contributed by atoms with E-state index in [0.717, 1.165) is 6.54 Å². The fourth-order valence-electron chi connectivity index (χ4n) is 2.53. The van der Waals surface area contributed by atoms with Gasteiger partial charge in [0.15, 0.2) is 0 Å². The quantitative estimate of drug-likeness (QED) is 0.746. The summed E-state index contributed by atoms with van der Waals surface area (Å²) in [4.78, 5) is 16.0. The van der Waals surface area contributed by atoms with Gasteiger partial charge in [-0.1, -0.05) is 13.3 Å². The Hall–Kier alpha value is -0.810. The smallest absolute Gasteiger partial charge is 0.317 e. The summed E-state index contributed by atoms with van der Waals surface area (Å²) in [5.74, 6) is 0.474. The molecule has 2 N–H and O–H groups in total. The van der Waals surface area contributed by atoms with Crippen molar-refractivity contribution in [2.24, 2.45) is 5.92 Å². The van der Waals surface area contributed by atoms with Crippen LogP contribution in [0.25, 0.3) is 0 Å². The summed E-state index contributed by atoms with van der Waals surface area (Å²) in [6.07, 6.45) is 4.23. The zero-order valence-electron chi connectivity index (χ0n) is 13.3. The zero-order valence-corrected chi connectivity index (χ0v) is 13.3. The Labute approximate surface area is 123 Å². The molecular weight excluding hydrogens is 254 g/mol. The van der Waals surface area contributed by atoms with Gasteiger partial charge in [0, 0.05) is 26.7 Å².